The van der Waals surface area contributed by atoms with Crippen molar-refractivity contribution >= 4 is 17.4 Å². The van der Waals surface area contributed by atoms with Crippen molar-refractivity contribution in [3.8, 4) is 0 Å². The summed E-state index contributed by atoms with van der Waals surface area (Å²) in [5.41, 5.74) is -0.674. The highest BCUT2D eigenvalue weighted by Gasteiger charge is 2.37. The number of alkyl halides is 4. The fourth-order valence-electron chi connectivity index (χ4n) is 2.62. The molecular formula is C13H16ClF3N2. The van der Waals surface area contributed by atoms with Gasteiger partial charge in [0.25, 0.3) is 0 Å². The van der Waals surface area contributed by atoms with Gasteiger partial charge in [-0.15, -0.1) is 11.6 Å². The van der Waals surface area contributed by atoms with Gasteiger partial charge >= 0.3 is 6.18 Å². The topological polar surface area (TPSA) is 16.1 Å². The molecule has 0 amide bonds. The van der Waals surface area contributed by atoms with E-state index in [1.165, 1.54) is 12.3 Å². The Morgan fingerprint density at radius 3 is 2.58 bits per heavy atom. The molecule has 106 valence electrons. The molecule has 6 heteroatoms. The predicted molar refractivity (Wildman–Crippen MR) is 69.6 cm³/mol. The third kappa shape index (κ3) is 3.32. The normalized spacial score (nSPS) is 16.8. The van der Waals surface area contributed by atoms with Crippen molar-refractivity contribution in [2.45, 2.75) is 37.9 Å². The van der Waals surface area contributed by atoms with Gasteiger partial charge in [-0.1, -0.05) is 12.8 Å². The molecule has 1 aromatic heterocycles. The van der Waals surface area contributed by atoms with E-state index in [9.17, 15) is 13.2 Å². The molecule has 1 aromatic rings. The van der Waals surface area contributed by atoms with Crippen LogP contribution in [0.2, 0.25) is 0 Å². The van der Waals surface area contributed by atoms with Crippen LogP contribution in [0, 0.1) is 0 Å². The first kappa shape index (κ1) is 14.4. The van der Waals surface area contributed by atoms with Crippen LogP contribution >= 0.6 is 11.6 Å². The van der Waals surface area contributed by atoms with E-state index >= 15 is 0 Å². The summed E-state index contributed by atoms with van der Waals surface area (Å²) in [5.74, 6) is 0.312. The Hall–Kier alpha value is -0.970. The average molecular weight is 293 g/mol. The lowest BCUT2D eigenvalue weighted by Crippen LogP contribution is -2.37. The number of rotatable bonds is 4. The number of pyridine rings is 1. The SMILES string of the molecule is FC(F)(F)c1cccnc1N(CCCl)C1CCCC1. The molecule has 1 aliphatic carbocycles. The van der Waals surface area contributed by atoms with Crippen LogP contribution in [-0.4, -0.2) is 23.5 Å². The second-order valence-corrected chi connectivity index (χ2v) is 5.07. The van der Waals surface area contributed by atoms with Crippen LogP contribution in [0.4, 0.5) is 19.0 Å². The molecule has 0 saturated heterocycles. The van der Waals surface area contributed by atoms with Crippen LogP contribution in [0.3, 0.4) is 0 Å². The lowest BCUT2D eigenvalue weighted by molar-refractivity contribution is -0.137. The largest absolute Gasteiger partial charge is 0.419 e. The Bertz CT molecular complexity index is 417. The molecule has 0 aliphatic heterocycles. The van der Waals surface area contributed by atoms with Crippen molar-refractivity contribution in [3.63, 3.8) is 0 Å². The summed E-state index contributed by atoms with van der Waals surface area (Å²) >= 11 is 5.74. The first-order valence-corrected chi connectivity index (χ1v) is 6.92. The fourth-order valence-corrected chi connectivity index (χ4v) is 2.80. The molecule has 1 fully saturated rings. The third-order valence-corrected chi connectivity index (χ3v) is 3.62. The average Bonchev–Trinajstić information content (AvgIpc) is 2.88. The molecule has 0 spiro atoms. The van der Waals surface area contributed by atoms with E-state index in [1.54, 1.807) is 4.90 Å². The van der Waals surface area contributed by atoms with Crippen molar-refractivity contribution in [2.24, 2.45) is 0 Å². The van der Waals surface area contributed by atoms with Gasteiger partial charge < -0.3 is 4.90 Å². The Labute approximate surface area is 115 Å². The highest BCUT2D eigenvalue weighted by Crippen LogP contribution is 2.37. The second-order valence-electron chi connectivity index (χ2n) is 4.69. The van der Waals surface area contributed by atoms with Crippen molar-refractivity contribution < 1.29 is 13.2 Å². The van der Waals surface area contributed by atoms with Crippen molar-refractivity contribution in [1.29, 1.82) is 0 Å². The van der Waals surface area contributed by atoms with Gasteiger partial charge in [0.15, 0.2) is 0 Å². The molecule has 2 rings (SSSR count). The Morgan fingerprint density at radius 1 is 1.32 bits per heavy atom. The first-order valence-electron chi connectivity index (χ1n) is 6.39. The molecule has 1 saturated carbocycles. The predicted octanol–water partition coefficient (Wildman–Crippen LogP) is 4.09. The van der Waals surface area contributed by atoms with Crippen LogP contribution in [0.15, 0.2) is 18.3 Å². The molecule has 1 heterocycles. The van der Waals surface area contributed by atoms with Crippen LogP contribution in [0.1, 0.15) is 31.2 Å². The van der Waals surface area contributed by atoms with E-state index < -0.39 is 11.7 Å². The maximum Gasteiger partial charge on any atom is 0.419 e. The van der Waals surface area contributed by atoms with Gasteiger partial charge in [0.2, 0.25) is 0 Å². The lowest BCUT2D eigenvalue weighted by atomic mass is 10.1. The zero-order valence-electron chi connectivity index (χ0n) is 10.5. The summed E-state index contributed by atoms with van der Waals surface area (Å²) in [6, 6.07) is 2.52. The Kier molecular flexibility index (Phi) is 4.55. The number of hydrogen-bond acceptors (Lipinski definition) is 2. The Balaban J connectivity index is 2.35. The monoisotopic (exact) mass is 292 g/mol. The van der Waals surface area contributed by atoms with E-state index in [1.807, 2.05) is 0 Å². The highest BCUT2D eigenvalue weighted by molar-refractivity contribution is 6.18. The van der Waals surface area contributed by atoms with Gasteiger partial charge in [-0.25, -0.2) is 4.98 Å². The summed E-state index contributed by atoms with van der Waals surface area (Å²) in [7, 11) is 0. The number of hydrogen-bond donors (Lipinski definition) is 0. The second kappa shape index (κ2) is 5.99. The standard InChI is InChI=1S/C13H16ClF3N2/c14-7-9-19(10-4-1-2-5-10)12-11(13(15,16)17)6-3-8-18-12/h3,6,8,10H,1-2,4-5,7,9H2. The molecule has 0 atom stereocenters. The summed E-state index contributed by atoms with van der Waals surface area (Å²) in [6.45, 7) is 0.395. The summed E-state index contributed by atoms with van der Waals surface area (Å²) < 4.78 is 39.1. The van der Waals surface area contributed by atoms with E-state index in [4.69, 9.17) is 11.6 Å². The molecule has 0 radical (unpaired) electrons. The number of halogens is 4. The first-order chi connectivity index (χ1) is 9.04. The maximum absolute atomic E-state index is 13.0. The van der Waals surface area contributed by atoms with Gasteiger partial charge in [0, 0.05) is 24.7 Å². The minimum absolute atomic E-state index is 0.0163. The van der Waals surface area contributed by atoms with E-state index in [0.717, 1.165) is 31.7 Å². The maximum atomic E-state index is 13.0. The molecule has 19 heavy (non-hydrogen) atoms. The highest BCUT2D eigenvalue weighted by atomic mass is 35.5. The molecular weight excluding hydrogens is 277 g/mol. The van der Waals surface area contributed by atoms with E-state index in [0.29, 0.717) is 12.4 Å². The molecule has 0 bridgehead atoms. The molecule has 2 nitrogen and oxygen atoms in total. The third-order valence-electron chi connectivity index (χ3n) is 3.46. The number of aromatic nitrogens is 1. The minimum Gasteiger partial charge on any atom is -0.352 e. The van der Waals surface area contributed by atoms with Crippen LogP contribution in [0.25, 0.3) is 0 Å². The molecule has 1 aliphatic rings. The van der Waals surface area contributed by atoms with E-state index in [2.05, 4.69) is 4.98 Å². The van der Waals surface area contributed by atoms with Crippen LogP contribution in [-0.2, 0) is 6.18 Å². The van der Waals surface area contributed by atoms with Gasteiger partial charge in [-0.3, -0.25) is 0 Å². The van der Waals surface area contributed by atoms with Crippen molar-refractivity contribution in [3.05, 3.63) is 23.9 Å². The summed E-state index contributed by atoms with van der Waals surface area (Å²) in [5, 5.41) is 0. The quantitative estimate of drug-likeness (QED) is 0.777. The smallest absolute Gasteiger partial charge is 0.352 e. The van der Waals surface area contributed by atoms with Crippen LogP contribution in [0.5, 0.6) is 0 Å². The lowest BCUT2D eigenvalue weighted by Gasteiger charge is -2.31. The minimum atomic E-state index is -4.38. The Morgan fingerprint density at radius 2 is 2.00 bits per heavy atom. The molecule has 0 aromatic carbocycles. The zero-order chi connectivity index (χ0) is 13.9. The number of nitrogens with zero attached hydrogens (tertiary/aromatic N) is 2. The zero-order valence-corrected chi connectivity index (χ0v) is 11.2. The molecule has 0 unspecified atom stereocenters. The summed E-state index contributed by atoms with van der Waals surface area (Å²) in [4.78, 5) is 5.68. The fraction of sp³-hybridized carbons (Fsp3) is 0.615. The van der Waals surface area contributed by atoms with Crippen molar-refractivity contribution in [2.75, 3.05) is 17.3 Å². The van der Waals surface area contributed by atoms with Gasteiger partial charge in [0.05, 0.1) is 5.56 Å². The van der Waals surface area contributed by atoms with Gasteiger partial charge in [0.1, 0.15) is 5.82 Å². The van der Waals surface area contributed by atoms with E-state index in [-0.39, 0.29) is 11.9 Å². The van der Waals surface area contributed by atoms with Gasteiger partial charge in [-0.05, 0) is 25.0 Å². The molecule has 0 N–H and O–H groups in total. The van der Waals surface area contributed by atoms with Crippen LogP contribution < -0.4 is 4.90 Å². The van der Waals surface area contributed by atoms with Gasteiger partial charge in [-0.2, -0.15) is 13.2 Å². The number of anilines is 1. The van der Waals surface area contributed by atoms with Crippen molar-refractivity contribution in [1.82, 2.24) is 4.98 Å². The summed E-state index contributed by atoms with van der Waals surface area (Å²) in [6.07, 6.45) is 0.943.